The van der Waals surface area contributed by atoms with Crippen molar-refractivity contribution in [1.29, 1.82) is 0 Å². The number of carboxylic acids is 1. The lowest BCUT2D eigenvalue weighted by atomic mass is 9.71. The van der Waals surface area contributed by atoms with Gasteiger partial charge < -0.3 is 26.0 Å². The Morgan fingerprint density at radius 2 is 1.95 bits per heavy atom. The van der Waals surface area contributed by atoms with Crippen molar-refractivity contribution in [1.82, 2.24) is 4.98 Å². The molecular formula is C30H32F3N3O4. The molecule has 3 atom stereocenters. The van der Waals surface area contributed by atoms with E-state index >= 15 is 0 Å². The van der Waals surface area contributed by atoms with Crippen molar-refractivity contribution < 1.29 is 32.5 Å². The molecule has 212 valence electrons. The molecule has 0 radical (unpaired) electrons. The van der Waals surface area contributed by atoms with Crippen LogP contribution in [0.5, 0.6) is 5.75 Å². The lowest BCUT2D eigenvalue weighted by Crippen LogP contribution is -2.58. The molecule has 5 N–H and O–H groups in total. The number of aromatic nitrogens is 1. The molecule has 1 aromatic heterocycles. The minimum absolute atomic E-state index is 0.0419. The van der Waals surface area contributed by atoms with Gasteiger partial charge in [-0.15, -0.1) is 0 Å². The van der Waals surface area contributed by atoms with E-state index in [1.807, 2.05) is 0 Å². The number of nitrogens with zero attached hydrogens (tertiary/aromatic N) is 1. The van der Waals surface area contributed by atoms with Crippen molar-refractivity contribution in [3.05, 3.63) is 76.6 Å². The van der Waals surface area contributed by atoms with Crippen LogP contribution in [0.25, 0.3) is 11.1 Å². The molecule has 2 aromatic carbocycles. The molecule has 3 aliphatic rings. The summed E-state index contributed by atoms with van der Waals surface area (Å²) in [6, 6.07) is 13.9. The Hall–Kier alpha value is -3.63. The maximum atomic E-state index is 12.5. The molecule has 3 aromatic rings. The van der Waals surface area contributed by atoms with Crippen molar-refractivity contribution >= 4 is 11.7 Å². The number of hydrogen-bond donors (Lipinski definition) is 3. The molecule has 1 saturated heterocycles. The SMILES string of the molecule is CC1OCC1(CN)c1ccc2c(c1N)Cc1ccccc1-2.C[C@H](Oc1cc(C(=O)O)ncc1C1CC1)C(F)(F)F. The van der Waals surface area contributed by atoms with Crippen molar-refractivity contribution in [3.63, 3.8) is 0 Å². The molecule has 40 heavy (non-hydrogen) atoms. The molecule has 6 rings (SSSR count). The molecule has 10 heteroatoms. The van der Waals surface area contributed by atoms with E-state index < -0.39 is 18.2 Å². The summed E-state index contributed by atoms with van der Waals surface area (Å²) in [5, 5.41) is 8.81. The summed E-state index contributed by atoms with van der Waals surface area (Å²) < 4.78 is 47.9. The first kappa shape index (κ1) is 27.9. The maximum Gasteiger partial charge on any atom is 0.425 e. The van der Waals surface area contributed by atoms with Crippen molar-refractivity contribution in [2.45, 2.75) is 62.8 Å². The summed E-state index contributed by atoms with van der Waals surface area (Å²) in [5.74, 6) is -1.22. The number of pyridine rings is 1. The number of anilines is 1. The third-order valence-corrected chi connectivity index (χ3v) is 8.20. The average molecular weight is 556 g/mol. The number of halogens is 3. The second kappa shape index (κ2) is 10.4. The number of fused-ring (bicyclic) bond motifs is 3. The summed E-state index contributed by atoms with van der Waals surface area (Å²) in [4.78, 5) is 14.5. The van der Waals surface area contributed by atoms with Crippen LogP contribution in [0.3, 0.4) is 0 Å². The number of carbonyl (C=O) groups is 1. The molecule has 0 amide bonds. The zero-order valence-corrected chi connectivity index (χ0v) is 22.3. The highest BCUT2D eigenvalue weighted by molar-refractivity contribution is 5.86. The van der Waals surface area contributed by atoms with E-state index in [0.29, 0.717) is 18.7 Å². The summed E-state index contributed by atoms with van der Waals surface area (Å²) in [5.41, 5.74) is 19.9. The van der Waals surface area contributed by atoms with Crippen molar-refractivity contribution in [2.75, 3.05) is 18.9 Å². The van der Waals surface area contributed by atoms with E-state index in [9.17, 15) is 18.0 Å². The zero-order valence-electron chi connectivity index (χ0n) is 22.3. The van der Waals surface area contributed by atoms with Gasteiger partial charge in [0.1, 0.15) is 5.75 Å². The number of carboxylic acid groups (broad SMARTS) is 1. The van der Waals surface area contributed by atoms with E-state index in [1.54, 1.807) is 0 Å². The molecule has 7 nitrogen and oxygen atoms in total. The smallest absolute Gasteiger partial charge is 0.425 e. The molecule has 2 unspecified atom stereocenters. The van der Waals surface area contributed by atoms with Crippen molar-refractivity contribution in [3.8, 4) is 16.9 Å². The fourth-order valence-corrected chi connectivity index (χ4v) is 5.38. The summed E-state index contributed by atoms with van der Waals surface area (Å²) in [7, 11) is 0. The predicted octanol–water partition coefficient (Wildman–Crippen LogP) is 5.44. The lowest BCUT2D eigenvalue weighted by Gasteiger charge is -2.48. The lowest BCUT2D eigenvalue weighted by molar-refractivity contribution is -0.189. The van der Waals surface area contributed by atoms with E-state index in [2.05, 4.69) is 48.3 Å². The van der Waals surface area contributed by atoms with Crippen LogP contribution in [0.15, 0.2) is 48.7 Å². The number of alkyl halides is 3. The van der Waals surface area contributed by atoms with Gasteiger partial charge in [0.15, 0.2) is 11.8 Å². The van der Waals surface area contributed by atoms with E-state index in [4.69, 9.17) is 26.0 Å². The minimum Gasteiger partial charge on any atom is -0.481 e. The summed E-state index contributed by atoms with van der Waals surface area (Å²) in [6.45, 7) is 4.21. The molecule has 2 fully saturated rings. The van der Waals surface area contributed by atoms with Crippen LogP contribution in [0.1, 0.15) is 65.3 Å². The molecule has 2 aliphatic carbocycles. The molecular weight excluding hydrogens is 523 g/mol. The van der Waals surface area contributed by atoms with Crippen LogP contribution in [0.4, 0.5) is 18.9 Å². The summed E-state index contributed by atoms with van der Waals surface area (Å²) >= 11 is 0. The van der Waals surface area contributed by atoms with Crippen LogP contribution in [0.2, 0.25) is 0 Å². The Balaban J connectivity index is 0.000000162. The van der Waals surface area contributed by atoms with E-state index in [1.165, 1.54) is 28.5 Å². The first-order chi connectivity index (χ1) is 19.0. The Labute approximate surface area is 230 Å². The predicted molar refractivity (Wildman–Crippen MR) is 145 cm³/mol. The van der Waals surface area contributed by atoms with Crippen LogP contribution < -0.4 is 16.2 Å². The normalized spacial score (nSPS) is 21.8. The highest BCUT2D eigenvalue weighted by Crippen LogP contribution is 2.47. The van der Waals surface area contributed by atoms with Gasteiger partial charge in [-0.3, -0.25) is 0 Å². The fraction of sp³-hybridized carbons (Fsp3) is 0.400. The number of rotatable bonds is 6. The average Bonchev–Trinajstić information content (AvgIpc) is 3.69. The van der Waals surface area contributed by atoms with Gasteiger partial charge in [0.25, 0.3) is 0 Å². The van der Waals surface area contributed by atoms with Gasteiger partial charge in [0.05, 0.1) is 18.1 Å². The quantitative estimate of drug-likeness (QED) is 0.271. The Morgan fingerprint density at radius 3 is 2.52 bits per heavy atom. The van der Waals surface area contributed by atoms with Gasteiger partial charge in [0, 0.05) is 36.5 Å². The van der Waals surface area contributed by atoms with Crippen LogP contribution >= 0.6 is 0 Å². The first-order valence-corrected chi connectivity index (χ1v) is 13.2. The third kappa shape index (κ3) is 5.01. The van der Waals surface area contributed by atoms with Gasteiger partial charge in [0.2, 0.25) is 0 Å². The fourth-order valence-electron chi connectivity index (χ4n) is 5.38. The molecule has 2 heterocycles. The second-order valence-corrected chi connectivity index (χ2v) is 10.7. The molecule has 1 aliphatic heterocycles. The Bertz CT molecular complexity index is 1440. The number of aromatic carboxylic acids is 1. The Kier molecular flexibility index (Phi) is 7.26. The standard InChI is InChI=1S/C18H20N2O.C12H12F3NO3/c1-11-18(9-19,10-21-11)16-7-6-14-13-5-3-2-4-12(13)8-15(14)17(16)20;1-6(12(13,14)15)19-10-4-9(11(17)18)16-5-8(10)7-2-3-7/h2-7,11H,8-10,19-20H2,1H3;4-7H,2-3H2,1H3,(H,17,18)/t;6-/m.0/s1. The third-order valence-electron chi connectivity index (χ3n) is 8.20. The van der Waals surface area contributed by atoms with Crippen molar-refractivity contribution in [2.24, 2.45) is 5.73 Å². The maximum absolute atomic E-state index is 12.5. The van der Waals surface area contributed by atoms with E-state index in [0.717, 1.165) is 43.5 Å². The summed E-state index contributed by atoms with van der Waals surface area (Å²) in [6.07, 6.45) is -2.44. The van der Waals surface area contributed by atoms with Crippen LogP contribution in [0, 0.1) is 0 Å². The second-order valence-electron chi connectivity index (χ2n) is 10.7. The van der Waals surface area contributed by atoms with Gasteiger partial charge in [-0.25, -0.2) is 9.78 Å². The number of ether oxygens (including phenoxy) is 2. The highest BCUT2D eigenvalue weighted by Gasteiger charge is 2.48. The zero-order chi connectivity index (χ0) is 28.8. The van der Waals surface area contributed by atoms with Gasteiger partial charge >= 0.3 is 12.1 Å². The molecule has 1 saturated carbocycles. The topological polar surface area (TPSA) is 121 Å². The number of benzene rings is 2. The number of nitrogen functional groups attached to an aromatic ring is 1. The molecule has 0 bridgehead atoms. The highest BCUT2D eigenvalue weighted by atomic mass is 19.4. The van der Waals surface area contributed by atoms with E-state index in [-0.39, 0.29) is 28.9 Å². The molecule has 0 spiro atoms. The van der Waals surface area contributed by atoms with Gasteiger partial charge in [-0.1, -0.05) is 36.4 Å². The largest absolute Gasteiger partial charge is 0.481 e. The minimum atomic E-state index is -4.49. The van der Waals surface area contributed by atoms with Gasteiger partial charge in [-0.05, 0) is 60.4 Å². The number of nitrogens with two attached hydrogens (primary N) is 2. The Morgan fingerprint density at radius 1 is 1.23 bits per heavy atom. The van der Waals surface area contributed by atoms with Crippen LogP contribution in [-0.4, -0.2) is 47.6 Å². The first-order valence-electron chi connectivity index (χ1n) is 13.2. The number of hydrogen-bond acceptors (Lipinski definition) is 6. The van der Waals surface area contributed by atoms with Gasteiger partial charge in [-0.2, -0.15) is 13.2 Å². The van der Waals surface area contributed by atoms with Crippen LogP contribution in [-0.2, 0) is 16.6 Å². The monoisotopic (exact) mass is 555 g/mol.